The topological polar surface area (TPSA) is 60.0 Å². The monoisotopic (exact) mass is 189 g/mol. The molecule has 0 saturated carbocycles. The molecule has 0 atom stereocenters. The van der Waals surface area contributed by atoms with Gasteiger partial charge in [0.1, 0.15) is 0 Å². The van der Waals surface area contributed by atoms with Crippen LogP contribution in [0, 0.1) is 12.1 Å². The minimum Gasteiger partial charge on any atom is -0.461 e. The fraction of sp³-hybridized carbons (Fsp3) is 0.200. The summed E-state index contributed by atoms with van der Waals surface area (Å²) in [5.74, 6) is 0.651. The third kappa shape index (κ3) is 2.57. The maximum absolute atomic E-state index is 4.82. The van der Waals surface area contributed by atoms with E-state index in [-0.39, 0.29) is 0 Å². The van der Waals surface area contributed by atoms with E-state index >= 15 is 0 Å². The normalized spacial score (nSPS) is 12.9. The number of nitrogens with zero attached hydrogens (tertiary/aromatic N) is 2. The van der Waals surface area contributed by atoms with E-state index in [4.69, 9.17) is 4.74 Å². The van der Waals surface area contributed by atoms with Gasteiger partial charge in [-0.15, -0.1) is 0 Å². The van der Waals surface area contributed by atoms with Crippen molar-refractivity contribution >= 4 is 12.2 Å². The summed E-state index contributed by atoms with van der Waals surface area (Å²) >= 11 is 0. The molecule has 0 aliphatic carbocycles. The van der Waals surface area contributed by atoms with Crippen molar-refractivity contribution < 1.29 is 4.74 Å². The van der Waals surface area contributed by atoms with Gasteiger partial charge in [-0.1, -0.05) is 18.2 Å². The summed E-state index contributed by atoms with van der Waals surface area (Å²) in [6, 6.07) is 11.3. The van der Waals surface area contributed by atoms with Crippen LogP contribution in [-0.2, 0) is 4.74 Å². The first-order chi connectivity index (χ1) is 6.97. The molecular formula is C10H11N3O. The lowest BCUT2D eigenvalue weighted by Crippen LogP contribution is -2.05. The molecule has 0 aromatic heterocycles. The van der Waals surface area contributed by atoms with Crippen LogP contribution in [0.4, 0.5) is 0 Å². The van der Waals surface area contributed by atoms with Gasteiger partial charge in [-0.05, 0) is 19.2 Å². The lowest BCUT2D eigenvalue weighted by Gasteiger charge is -2.03. The molecule has 0 unspecified atom stereocenters. The number of rotatable bonds is 1. The maximum Gasteiger partial charge on any atom is 0.182 e. The van der Waals surface area contributed by atoms with Gasteiger partial charge in [-0.2, -0.15) is 4.99 Å². The Morgan fingerprint density at radius 3 is 2.93 bits per heavy atom. The van der Waals surface area contributed by atoms with Crippen molar-refractivity contribution in [2.45, 2.75) is 0 Å². The number of hydrogen-bond acceptors (Lipinski definition) is 4. The maximum atomic E-state index is 4.82. The van der Waals surface area contributed by atoms with Crippen LogP contribution in [0.25, 0.3) is 0 Å². The molecule has 1 heterocycles. The van der Waals surface area contributed by atoms with Gasteiger partial charge < -0.3 is 10.5 Å². The van der Waals surface area contributed by atoms with Crippen molar-refractivity contribution in [1.29, 1.82) is 0 Å². The van der Waals surface area contributed by atoms with Gasteiger partial charge >= 0.3 is 0 Å². The highest BCUT2D eigenvalue weighted by Gasteiger charge is 2.02. The summed E-state index contributed by atoms with van der Waals surface area (Å²) < 4.78 is 4.82. The third-order valence-electron chi connectivity index (χ3n) is 1.43. The molecular weight excluding hydrogens is 178 g/mol. The first kappa shape index (κ1) is 10.2. The summed E-state index contributed by atoms with van der Waals surface area (Å²) in [6.45, 7) is 0.335. The molecule has 4 nitrogen and oxygen atoms in total. The highest BCUT2D eigenvalue weighted by atomic mass is 16.5. The molecule has 0 saturated heterocycles. The smallest absolute Gasteiger partial charge is 0.182 e. The van der Waals surface area contributed by atoms with E-state index in [9.17, 15) is 0 Å². The minimum atomic E-state index is 0.335. The average Bonchev–Trinajstić information content (AvgIpc) is 2.34. The predicted octanol–water partition coefficient (Wildman–Crippen LogP) is 0.624. The Morgan fingerprint density at radius 1 is 1.50 bits per heavy atom. The molecule has 0 fully saturated rings. The summed E-state index contributed by atoms with van der Waals surface area (Å²) in [4.78, 5) is 8.00. The molecule has 0 bridgehead atoms. The number of aliphatic imine (C=N–C) groups is 2. The standard InChI is InChI=1S/C9H6N2O.CH5N/c1-2-4-8(5-3-1)9-10-6-12-7-11-9;1-2/h1-2,4,6H,7H2;2H2,1H3. The van der Waals surface area contributed by atoms with Gasteiger partial charge in [0.25, 0.3) is 0 Å². The molecule has 1 aromatic carbocycles. The second-order valence-electron chi connectivity index (χ2n) is 2.22. The van der Waals surface area contributed by atoms with E-state index in [0.717, 1.165) is 5.56 Å². The van der Waals surface area contributed by atoms with Crippen molar-refractivity contribution in [2.24, 2.45) is 15.7 Å². The second-order valence-corrected chi connectivity index (χ2v) is 2.22. The molecule has 14 heavy (non-hydrogen) atoms. The highest BCUT2D eigenvalue weighted by molar-refractivity contribution is 6.02. The van der Waals surface area contributed by atoms with Crippen LogP contribution < -0.4 is 5.73 Å². The van der Waals surface area contributed by atoms with E-state index in [1.54, 1.807) is 6.07 Å². The SMILES string of the molecule is CN.c1cccc(C2=NCOC=N2)c#1. The van der Waals surface area contributed by atoms with Crippen LogP contribution in [0.2, 0.25) is 0 Å². The van der Waals surface area contributed by atoms with E-state index in [1.165, 1.54) is 13.4 Å². The summed E-state index contributed by atoms with van der Waals surface area (Å²) in [7, 11) is 1.50. The van der Waals surface area contributed by atoms with E-state index in [2.05, 4.69) is 27.9 Å². The molecule has 4 heteroatoms. The van der Waals surface area contributed by atoms with Crippen LogP contribution in [0.1, 0.15) is 5.56 Å². The summed E-state index contributed by atoms with van der Waals surface area (Å²) in [6.07, 6.45) is 1.39. The Hall–Kier alpha value is -1.86. The highest BCUT2D eigenvalue weighted by Crippen LogP contribution is 2.00. The Balaban J connectivity index is 0.000000461. The summed E-state index contributed by atoms with van der Waals surface area (Å²) in [5, 5.41) is 0. The van der Waals surface area contributed by atoms with E-state index in [0.29, 0.717) is 12.6 Å². The molecule has 1 aromatic rings. The number of hydrogen-bond donors (Lipinski definition) is 1. The fourth-order valence-electron chi connectivity index (χ4n) is 0.898. The molecule has 2 rings (SSSR count). The van der Waals surface area contributed by atoms with Gasteiger partial charge in [0.2, 0.25) is 0 Å². The Morgan fingerprint density at radius 2 is 2.36 bits per heavy atom. The lowest BCUT2D eigenvalue weighted by atomic mass is 10.2. The summed E-state index contributed by atoms with van der Waals surface area (Å²) in [5.41, 5.74) is 5.34. The molecule has 0 radical (unpaired) electrons. The zero-order chi connectivity index (χ0) is 10.2. The van der Waals surface area contributed by atoms with Crippen molar-refractivity contribution in [1.82, 2.24) is 0 Å². The average molecular weight is 189 g/mol. The van der Waals surface area contributed by atoms with Crippen molar-refractivity contribution in [3.63, 3.8) is 0 Å². The van der Waals surface area contributed by atoms with Gasteiger partial charge in [-0.3, -0.25) is 0 Å². The molecule has 2 N–H and O–H groups in total. The molecule has 72 valence electrons. The van der Waals surface area contributed by atoms with Gasteiger partial charge in [0, 0.05) is 0 Å². The molecule has 1 aliphatic rings. The second kappa shape index (κ2) is 5.73. The van der Waals surface area contributed by atoms with Gasteiger partial charge in [0.15, 0.2) is 19.0 Å². The third-order valence-corrected chi connectivity index (χ3v) is 1.43. The van der Waals surface area contributed by atoms with Crippen LogP contribution in [0.5, 0.6) is 0 Å². The van der Waals surface area contributed by atoms with Crippen LogP contribution in [-0.4, -0.2) is 26.0 Å². The largest absolute Gasteiger partial charge is 0.461 e. The van der Waals surface area contributed by atoms with E-state index < -0.39 is 0 Å². The van der Waals surface area contributed by atoms with Crippen LogP contribution in [0.15, 0.2) is 28.2 Å². The first-order valence-electron chi connectivity index (χ1n) is 4.12. The molecule has 0 amide bonds. The van der Waals surface area contributed by atoms with Crippen molar-refractivity contribution in [2.75, 3.05) is 13.8 Å². The zero-order valence-corrected chi connectivity index (χ0v) is 7.90. The van der Waals surface area contributed by atoms with Gasteiger partial charge in [0.05, 0.1) is 5.56 Å². The molecule has 1 aliphatic heterocycles. The minimum absolute atomic E-state index is 0.335. The van der Waals surface area contributed by atoms with Crippen LogP contribution >= 0.6 is 0 Å². The molecule has 0 spiro atoms. The predicted molar refractivity (Wildman–Crippen MR) is 55.2 cm³/mol. The number of nitrogens with two attached hydrogens (primary N) is 1. The van der Waals surface area contributed by atoms with Crippen LogP contribution in [0.3, 0.4) is 0 Å². The first-order valence-corrected chi connectivity index (χ1v) is 4.12. The quantitative estimate of drug-likeness (QED) is 0.704. The van der Waals surface area contributed by atoms with Gasteiger partial charge in [-0.25, -0.2) is 4.99 Å². The zero-order valence-electron chi connectivity index (χ0n) is 7.90. The van der Waals surface area contributed by atoms with Crippen molar-refractivity contribution in [3.05, 3.63) is 35.9 Å². The fourth-order valence-corrected chi connectivity index (χ4v) is 0.898. The Labute approximate surface area is 83.1 Å². The van der Waals surface area contributed by atoms with Crippen molar-refractivity contribution in [3.8, 4) is 0 Å². The number of amidine groups is 1. The Bertz CT molecular complexity index is 319. The lowest BCUT2D eigenvalue weighted by molar-refractivity contribution is 0.329. The number of ether oxygens (including phenoxy) is 1. The Kier molecular flexibility index (Phi) is 4.18. The van der Waals surface area contributed by atoms with E-state index in [1.807, 2.05) is 12.1 Å².